The third-order valence-corrected chi connectivity index (χ3v) is 7.80. The summed E-state index contributed by atoms with van der Waals surface area (Å²) in [6, 6.07) is 7.25. The number of hydrogen-bond acceptors (Lipinski definition) is 8. The van der Waals surface area contributed by atoms with E-state index in [1.165, 1.54) is 28.7 Å². The number of hydrogen-bond donors (Lipinski definition) is 2. The topological polar surface area (TPSA) is 150 Å². The van der Waals surface area contributed by atoms with Gasteiger partial charge in [0.2, 0.25) is 5.96 Å². The van der Waals surface area contributed by atoms with Crippen LogP contribution in [0.4, 0.5) is 10.2 Å². The van der Waals surface area contributed by atoms with Crippen LogP contribution in [0.2, 0.25) is 0 Å². The van der Waals surface area contributed by atoms with Gasteiger partial charge in [-0.25, -0.2) is 27.9 Å². The van der Waals surface area contributed by atoms with Crippen LogP contribution in [0.15, 0.2) is 39.8 Å². The average molecular weight is 457 g/mol. The first-order chi connectivity index (χ1) is 15.2. The van der Waals surface area contributed by atoms with E-state index in [-0.39, 0.29) is 28.9 Å². The number of nitrogens with zero attached hydrogens (tertiary/aromatic N) is 6. The van der Waals surface area contributed by atoms with Crippen molar-refractivity contribution in [2.45, 2.75) is 25.3 Å². The zero-order valence-electron chi connectivity index (χ0n) is 17.3. The Bertz CT molecular complexity index is 1260. The maximum atomic E-state index is 14.8. The van der Waals surface area contributed by atoms with Crippen molar-refractivity contribution < 1.29 is 13.4 Å². The zero-order chi connectivity index (χ0) is 22.9. The number of rotatable bonds is 3. The quantitative estimate of drug-likeness (QED) is 0.718. The molecule has 0 saturated carbocycles. The second kappa shape index (κ2) is 8.16. The van der Waals surface area contributed by atoms with E-state index in [0.29, 0.717) is 18.7 Å². The minimum Gasteiger partial charge on any atom is -0.369 e. The molecule has 0 bridgehead atoms. The fourth-order valence-corrected chi connectivity index (χ4v) is 6.15. The van der Waals surface area contributed by atoms with Crippen LogP contribution >= 0.6 is 0 Å². The molecule has 166 valence electrons. The molecule has 2 aliphatic heterocycles. The molecule has 0 fully saturated rings. The number of nitriles is 1. The lowest BCUT2D eigenvalue weighted by Crippen LogP contribution is -2.52. The fraction of sp³-hybridized carbons (Fsp3) is 0.350. The van der Waals surface area contributed by atoms with Crippen LogP contribution in [0.1, 0.15) is 41.5 Å². The Morgan fingerprint density at radius 2 is 2.16 bits per heavy atom. The van der Waals surface area contributed by atoms with Crippen molar-refractivity contribution in [3.8, 4) is 6.07 Å². The normalized spacial score (nSPS) is 24.9. The van der Waals surface area contributed by atoms with Gasteiger partial charge in [-0.2, -0.15) is 5.26 Å². The first kappa shape index (κ1) is 21.6. The Morgan fingerprint density at radius 3 is 2.88 bits per heavy atom. The van der Waals surface area contributed by atoms with Gasteiger partial charge in [-0.05, 0) is 44.0 Å². The van der Waals surface area contributed by atoms with Crippen molar-refractivity contribution in [1.82, 2.24) is 14.3 Å². The third-order valence-electron chi connectivity index (χ3n) is 5.22. The van der Waals surface area contributed by atoms with Gasteiger partial charge in [0.05, 0.1) is 17.9 Å². The van der Waals surface area contributed by atoms with Gasteiger partial charge in [0.25, 0.3) is 5.91 Å². The molecule has 0 radical (unpaired) electrons. The van der Waals surface area contributed by atoms with E-state index in [1.807, 2.05) is 6.07 Å². The highest BCUT2D eigenvalue weighted by atomic mass is 32.2. The maximum Gasteiger partial charge on any atom is 0.275 e. The number of carbonyl (C=O) groups excluding carboxylic acids is 1. The molecular weight excluding hydrogens is 435 g/mol. The van der Waals surface area contributed by atoms with E-state index >= 15 is 0 Å². The standard InChI is InChI=1S/C20H21FN8O2S/c1-20(12-32(31)25-8-2-3-9-29(32)19(23)28-20)17-14(21)5-7-16(26-17)27-18(30)15-6-4-13(10-22)11-24-15/h4-7,11H,2-3,8-9,12H2,1H3,(H2,23,28)(H,26,27,30)/t20-,32-/m0/s1. The Kier molecular flexibility index (Phi) is 5.52. The molecule has 4 rings (SSSR count). The molecule has 2 aliphatic rings. The molecule has 0 aromatic carbocycles. The summed E-state index contributed by atoms with van der Waals surface area (Å²) in [5, 5.41) is 11.4. The number of aromatic nitrogens is 2. The largest absolute Gasteiger partial charge is 0.369 e. The molecule has 2 atom stereocenters. The summed E-state index contributed by atoms with van der Waals surface area (Å²) in [6.45, 7) is 2.50. The molecule has 4 heterocycles. The predicted octanol–water partition coefficient (Wildman–Crippen LogP) is 1.76. The van der Waals surface area contributed by atoms with Gasteiger partial charge < -0.3 is 11.1 Å². The van der Waals surface area contributed by atoms with Crippen LogP contribution in [0, 0.1) is 17.1 Å². The molecular formula is C20H21FN8O2S. The van der Waals surface area contributed by atoms with E-state index < -0.39 is 27.2 Å². The second-order valence-corrected chi connectivity index (χ2v) is 9.88. The molecule has 10 nitrogen and oxygen atoms in total. The lowest BCUT2D eigenvalue weighted by Gasteiger charge is -2.37. The van der Waals surface area contributed by atoms with Crippen molar-refractivity contribution in [2.75, 3.05) is 24.2 Å². The van der Waals surface area contributed by atoms with Crippen LogP contribution in [0.5, 0.6) is 0 Å². The Labute approximate surface area is 184 Å². The van der Waals surface area contributed by atoms with Crippen LogP contribution in [-0.4, -0.2) is 49.2 Å². The van der Waals surface area contributed by atoms with Crippen LogP contribution in [0.25, 0.3) is 0 Å². The van der Waals surface area contributed by atoms with Crippen LogP contribution in [-0.2, 0) is 15.5 Å². The first-order valence-corrected chi connectivity index (χ1v) is 11.6. The molecule has 0 unspecified atom stereocenters. The summed E-state index contributed by atoms with van der Waals surface area (Å²) < 4.78 is 34.2. The van der Waals surface area contributed by atoms with Gasteiger partial charge in [0.15, 0.2) is 0 Å². The van der Waals surface area contributed by atoms with Crippen molar-refractivity contribution in [3.05, 3.63) is 53.2 Å². The first-order valence-electron chi connectivity index (χ1n) is 9.92. The number of guanidine groups is 1. The highest BCUT2D eigenvalue weighted by molar-refractivity contribution is 7.92. The summed E-state index contributed by atoms with van der Waals surface area (Å²) in [4.78, 5) is 25.1. The summed E-state index contributed by atoms with van der Waals surface area (Å²) in [5.74, 6) is -1.20. The second-order valence-electron chi connectivity index (χ2n) is 7.68. The monoisotopic (exact) mass is 456 g/mol. The molecule has 2 aromatic heterocycles. The summed E-state index contributed by atoms with van der Waals surface area (Å²) >= 11 is 0. The minimum absolute atomic E-state index is 0.0341. The van der Waals surface area contributed by atoms with Gasteiger partial charge in [-0.15, -0.1) is 0 Å². The van der Waals surface area contributed by atoms with E-state index in [4.69, 9.17) is 11.0 Å². The molecule has 0 spiro atoms. The summed E-state index contributed by atoms with van der Waals surface area (Å²) in [5.41, 5.74) is 5.08. The van der Waals surface area contributed by atoms with Crippen molar-refractivity contribution in [3.63, 3.8) is 0 Å². The smallest absolute Gasteiger partial charge is 0.275 e. The average Bonchev–Trinajstić information content (AvgIpc) is 2.96. The van der Waals surface area contributed by atoms with Gasteiger partial charge in [0, 0.05) is 12.7 Å². The fourth-order valence-electron chi connectivity index (χ4n) is 3.66. The van der Waals surface area contributed by atoms with Gasteiger partial charge in [-0.3, -0.25) is 9.10 Å². The highest BCUT2D eigenvalue weighted by Crippen LogP contribution is 2.35. The number of aliphatic imine (C=N–C) groups is 1. The Morgan fingerprint density at radius 1 is 1.34 bits per heavy atom. The SMILES string of the molecule is C[C@@]1(c2nc(NC(=O)c3ccc(C#N)cn3)ccc2F)C[S@]2(=O)=NCCCCN2C(N)=N1. The third kappa shape index (κ3) is 3.99. The van der Waals surface area contributed by atoms with Gasteiger partial charge in [-0.1, -0.05) is 0 Å². The number of halogens is 1. The molecule has 0 saturated heterocycles. The molecule has 1 amide bonds. The van der Waals surface area contributed by atoms with Gasteiger partial charge >= 0.3 is 0 Å². The highest BCUT2D eigenvalue weighted by Gasteiger charge is 2.43. The van der Waals surface area contributed by atoms with Gasteiger partial charge in [0.1, 0.15) is 44.5 Å². The van der Waals surface area contributed by atoms with Crippen molar-refractivity contribution in [1.29, 1.82) is 5.26 Å². The Balaban J connectivity index is 1.67. The van der Waals surface area contributed by atoms with Crippen molar-refractivity contribution >= 4 is 27.6 Å². The van der Waals surface area contributed by atoms with Crippen molar-refractivity contribution in [2.24, 2.45) is 15.1 Å². The molecule has 32 heavy (non-hydrogen) atoms. The number of anilines is 1. The summed E-state index contributed by atoms with van der Waals surface area (Å²) in [6.07, 6.45) is 2.84. The zero-order valence-corrected chi connectivity index (χ0v) is 18.1. The molecule has 0 aliphatic carbocycles. The van der Waals surface area contributed by atoms with E-state index in [9.17, 15) is 13.4 Å². The van der Waals surface area contributed by atoms with Crippen LogP contribution in [0.3, 0.4) is 0 Å². The number of amides is 1. The molecule has 12 heteroatoms. The maximum absolute atomic E-state index is 14.8. The predicted molar refractivity (Wildman–Crippen MR) is 116 cm³/mol. The number of carbonyl (C=O) groups is 1. The van der Waals surface area contributed by atoms with Crippen LogP contribution < -0.4 is 11.1 Å². The number of pyridine rings is 2. The Hall–Kier alpha value is -3.59. The molecule has 3 N–H and O–H groups in total. The van der Waals surface area contributed by atoms with E-state index in [0.717, 1.165) is 18.9 Å². The lowest BCUT2D eigenvalue weighted by molar-refractivity contribution is 0.102. The number of fused-ring (bicyclic) bond motifs is 1. The summed E-state index contributed by atoms with van der Waals surface area (Å²) in [7, 11) is -2.90. The lowest BCUT2D eigenvalue weighted by atomic mass is 10.00. The number of nitrogens with two attached hydrogens (primary N) is 1. The number of nitrogens with one attached hydrogen (secondary N) is 1. The van der Waals surface area contributed by atoms with E-state index in [1.54, 1.807) is 6.92 Å². The molecule has 2 aromatic rings. The van der Waals surface area contributed by atoms with E-state index in [2.05, 4.69) is 24.6 Å². The minimum atomic E-state index is -2.90.